The molecule has 1 nitrogen and oxygen atoms in total. The van der Waals surface area contributed by atoms with E-state index in [1.165, 1.54) is 11.8 Å². The van der Waals surface area contributed by atoms with E-state index in [0.717, 1.165) is 21.6 Å². The van der Waals surface area contributed by atoms with Crippen molar-refractivity contribution in [2.45, 2.75) is 18.7 Å². The van der Waals surface area contributed by atoms with Crippen LogP contribution < -0.4 is 0 Å². The standard InChI is InChI=1S/C16H15ClOS/c1-11-6-5-7-13(12(11)2)15(18)10-19-16-9-4-3-8-14(16)17/h3-9H,10H2,1-2H3. The molecule has 0 saturated carbocycles. The van der Waals surface area contributed by atoms with E-state index in [1.807, 2.05) is 56.3 Å². The smallest absolute Gasteiger partial charge is 0.173 e. The summed E-state index contributed by atoms with van der Waals surface area (Å²) in [4.78, 5) is 13.2. The maximum Gasteiger partial charge on any atom is 0.173 e. The third-order valence-corrected chi connectivity index (χ3v) is 4.62. The number of carbonyl (C=O) groups excluding carboxylic acids is 1. The predicted molar refractivity (Wildman–Crippen MR) is 82.4 cm³/mol. The fourth-order valence-corrected chi connectivity index (χ4v) is 2.96. The van der Waals surface area contributed by atoms with Gasteiger partial charge in [0.25, 0.3) is 0 Å². The topological polar surface area (TPSA) is 17.1 Å². The Morgan fingerprint density at radius 2 is 1.84 bits per heavy atom. The SMILES string of the molecule is Cc1cccc(C(=O)CSc2ccccc2Cl)c1C. The first-order chi connectivity index (χ1) is 9.09. The average molecular weight is 291 g/mol. The zero-order valence-corrected chi connectivity index (χ0v) is 12.5. The number of hydrogen-bond donors (Lipinski definition) is 0. The van der Waals surface area contributed by atoms with Crippen LogP contribution in [0.25, 0.3) is 0 Å². The molecule has 0 fully saturated rings. The lowest BCUT2D eigenvalue weighted by Gasteiger charge is -2.08. The molecule has 0 aliphatic heterocycles. The van der Waals surface area contributed by atoms with Gasteiger partial charge in [0, 0.05) is 10.5 Å². The van der Waals surface area contributed by atoms with Gasteiger partial charge in [0.15, 0.2) is 5.78 Å². The molecule has 98 valence electrons. The summed E-state index contributed by atoms with van der Waals surface area (Å²) in [5.41, 5.74) is 3.01. The van der Waals surface area contributed by atoms with E-state index >= 15 is 0 Å². The summed E-state index contributed by atoms with van der Waals surface area (Å²) in [5, 5.41) is 0.696. The molecule has 19 heavy (non-hydrogen) atoms. The third-order valence-electron chi connectivity index (χ3n) is 3.10. The number of rotatable bonds is 4. The van der Waals surface area contributed by atoms with Crippen molar-refractivity contribution in [2.75, 3.05) is 5.75 Å². The molecule has 0 aliphatic rings. The van der Waals surface area contributed by atoms with E-state index in [0.29, 0.717) is 10.8 Å². The van der Waals surface area contributed by atoms with Crippen molar-refractivity contribution in [3.63, 3.8) is 0 Å². The lowest BCUT2D eigenvalue weighted by molar-refractivity contribution is 0.102. The fourth-order valence-electron chi connectivity index (χ4n) is 1.84. The van der Waals surface area contributed by atoms with Crippen LogP contribution in [0.5, 0.6) is 0 Å². The van der Waals surface area contributed by atoms with Crippen LogP contribution in [0.4, 0.5) is 0 Å². The summed E-state index contributed by atoms with van der Waals surface area (Å²) >= 11 is 7.56. The summed E-state index contributed by atoms with van der Waals surface area (Å²) in [5.74, 6) is 0.555. The Morgan fingerprint density at radius 1 is 1.11 bits per heavy atom. The van der Waals surface area contributed by atoms with Crippen LogP contribution in [0.2, 0.25) is 5.02 Å². The number of ketones is 1. The van der Waals surface area contributed by atoms with Crippen LogP contribution >= 0.6 is 23.4 Å². The van der Waals surface area contributed by atoms with Gasteiger partial charge >= 0.3 is 0 Å². The Labute approximate surface area is 123 Å². The maximum absolute atomic E-state index is 12.2. The second-order valence-electron chi connectivity index (χ2n) is 4.39. The molecule has 0 heterocycles. The Bertz CT molecular complexity index is 607. The molecule has 0 spiro atoms. The molecule has 3 heteroatoms. The molecule has 0 bridgehead atoms. The van der Waals surface area contributed by atoms with Gasteiger partial charge in [-0.2, -0.15) is 0 Å². The Hall–Kier alpha value is -1.25. The van der Waals surface area contributed by atoms with Crippen molar-refractivity contribution in [1.82, 2.24) is 0 Å². The first kappa shape index (κ1) is 14.2. The molecular weight excluding hydrogens is 276 g/mol. The maximum atomic E-state index is 12.2. The van der Waals surface area contributed by atoms with Gasteiger partial charge in [-0.25, -0.2) is 0 Å². The Morgan fingerprint density at radius 3 is 2.58 bits per heavy atom. The summed E-state index contributed by atoms with van der Waals surface area (Å²) in [6, 6.07) is 13.4. The van der Waals surface area contributed by atoms with Crippen molar-refractivity contribution < 1.29 is 4.79 Å². The largest absolute Gasteiger partial charge is 0.293 e. The minimum atomic E-state index is 0.145. The third kappa shape index (κ3) is 3.40. The molecule has 0 amide bonds. The van der Waals surface area contributed by atoms with E-state index in [1.54, 1.807) is 0 Å². The number of Topliss-reactive ketones (excluding diaryl/α,β-unsaturated/α-hetero) is 1. The van der Waals surface area contributed by atoms with Gasteiger partial charge in [-0.05, 0) is 37.1 Å². The van der Waals surface area contributed by atoms with Crippen LogP contribution in [-0.4, -0.2) is 11.5 Å². The first-order valence-electron chi connectivity index (χ1n) is 6.06. The van der Waals surface area contributed by atoms with Gasteiger partial charge < -0.3 is 0 Å². The number of halogens is 1. The second kappa shape index (κ2) is 6.27. The predicted octanol–water partition coefficient (Wildman–Crippen LogP) is 4.93. The van der Waals surface area contributed by atoms with Crippen LogP contribution in [0.1, 0.15) is 21.5 Å². The van der Waals surface area contributed by atoms with E-state index in [9.17, 15) is 4.79 Å². The summed E-state index contributed by atoms with van der Waals surface area (Å²) in [7, 11) is 0. The van der Waals surface area contributed by atoms with Crippen LogP contribution in [0.3, 0.4) is 0 Å². The van der Waals surface area contributed by atoms with Crippen LogP contribution in [0, 0.1) is 13.8 Å². The Kier molecular flexibility index (Phi) is 4.67. The zero-order valence-electron chi connectivity index (χ0n) is 10.9. The minimum absolute atomic E-state index is 0.145. The van der Waals surface area contributed by atoms with Gasteiger partial charge in [0.1, 0.15) is 0 Å². The van der Waals surface area contributed by atoms with E-state index < -0.39 is 0 Å². The number of thioether (sulfide) groups is 1. The van der Waals surface area contributed by atoms with Gasteiger partial charge in [-0.1, -0.05) is 41.9 Å². The zero-order chi connectivity index (χ0) is 13.8. The van der Waals surface area contributed by atoms with E-state index in [-0.39, 0.29) is 5.78 Å². The molecular formula is C16H15ClOS. The highest BCUT2D eigenvalue weighted by atomic mass is 35.5. The average Bonchev–Trinajstić information content (AvgIpc) is 2.40. The van der Waals surface area contributed by atoms with Crippen LogP contribution in [0.15, 0.2) is 47.4 Å². The molecule has 0 aliphatic carbocycles. The normalized spacial score (nSPS) is 10.5. The van der Waals surface area contributed by atoms with E-state index in [4.69, 9.17) is 11.6 Å². The Balaban J connectivity index is 2.10. The molecule has 0 radical (unpaired) electrons. The first-order valence-corrected chi connectivity index (χ1v) is 7.42. The van der Waals surface area contributed by atoms with Crippen molar-refractivity contribution in [1.29, 1.82) is 0 Å². The van der Waals surface area contributed by atoms with Gasteiger partial charge in [0.05, 0.1) is 10.8 Å². The lowest BCUT2D eigenvalue weighted by atomic mass is 10.0. The molecule has 0 unspecified atom stereocenters. The highest BCUT2D eigenvalue weighted by molar-refractivity contribution is 8.00. The molecule has 0 aromatic heterocycles. The van der Waals surface area contributed by atoms with Gasteiger partial charge in [0.2, 0.25) is 0 Å². The fraction of sp³-hybridized carbons (Fsp3) is 0.188. The molecule has 2 aromatic rings. The number of benzene rings is 2. The van der Waals surface area contributed by atoms with Crippen molar-refractivity contribution in [3.05, 3.63) is 64.2 Å². The van der Waals surface area contributed by atoms with Gasteiger partial charge in [-0.15, -0.1) is 11.8 Å². The van der Waals surface area contributed by atoms with Gasteiger partial charge in [-0.3, -0.25) is 4.79 Å². The van der Waals surface area contributed by atoms with Crippen molar-refractivity contribution in [3.8, 4) is 0 Å². The molecule has 2 aromatic carbocycles. The number of carbonyl (C=O) groups is 1. The highest BCUT2D eigenvalue weighted by Crippen LogP contribution is 2.27. The molecule has 0 atom stereocenters. The van der Waals surface area contributed by atoms with Crippen molar-refractivity contribution in [2.24, 2.45) is 0 Å². The lowest BCUT2D eigenvalue weighted by Crippen LogP contribution is -2.05. The summed E-state index contributed by atoms with van der Waals surface area (Å²) < 4.78 is 0. The van der Waals surface area contributed by atoms with E-state index in [2.05, 4.69) is 0 Å². The number of hydrogen-bond acceptors (Lipinski definition) is 2. The molecule has 0 N–H and O–H groups in total. The van der Waals surface area contributed by atoms with Crippen molar-refractivity contribution >= 4 is 29.1 Å². The minimum Gasteiger partial charge on any atom is -0.293 e. The monoisotopic (exact) mass is 290 g/mol. The summed E-state index contributed by atoms with van der Waals surface area (Å²) in [6.45, 7) is 4.01. The number of aryl methyl sites for hydroxylation is 1. The molecule has 2 rings (SSSR count). The quantitative estimate of drug-likeness (QED) is 0.586. The highest BCUT2D eigenvalue weighted by Gasteiger charge is 2.11. The summed E-state index contributed by atoms with van der Waals surface area (Å²) in [6.07, 6.45) is 0. The molecule has 0 saturated heterocycles. The van der Waals surface area contributed by atoms with Crippen LogP contribution in [-0.2, 0) is 0 Å². The second-order valence-corrected chi connectivity index (χ2v) is 5.81.